The minimum Gasteiger partial charge on any atom is -0.481 e. The molecule has 0 saturated carbocycles. The lowest BCUT2D eigenvalue weighted by Crippen LogP contribution is -2.42. The molecule has 11 heteroatoms. The van der Waals surface area contributed by atoms with Gasteiger partial charge < -0.3 is 25.0 Å². The largest absolute Gasteiger partial charge is 0.481 e. The van der Waals surface area contributed by atoms with Crippen molar-refractivity contribution in [2.45, 2.75) is 44.9 Å². The summed E-state index contributed by atoms with van der Waals surface area (Å²) in [6, 6.07) is 23.3. The highest BCUT2D eigenvalue weighted by Gasteiger charge is 2.40. The first kappa shape index (κ1) is 31.7. The van der Waals surface area contributed by atoms with E-state index in [0.717, 1.165) is 31.9 Å². The second-order valence-electron chi connectivity index (χ2n) is 9.79. The number of carbonyl (C=O) groups is 3. The predicted octanol–water partition coefficient (Wildman–Crippen LogP) is 3.57. The molecular weight excluding hydrogens is 540 g/mol. The Morgan fingerprint density at radius 2 is 1.48 bits per heavy atom. The zero-order valence-electron chi connectivity index (χ0n) is 23.2. The van der Waals surface area contributed by atoms with E-state index in [-0.39, 0.29) is 0 Å². The van der Waals surface area contributed by atoms with Crippen LogP contribution in [-0.4, -0.2) is 69.9 Å². The van der Waals surface area contributed by atoms with Gasteiger partial charge in [-0.25, -0.2) is 9.78 Å². The standard InChI is InChI=1S/C25H26N4.C6H8O7/c1-21-7-5-14-27-25(21)29-17-6-10-24(29)20-28(19-23-11-15-26-16-12-23)18-13-22-8-3-2-4-9-22;7-3(8)1-6(13,5(11)12)2-4(9)10/h2-12,14-17H,13,18-20H2,1H3;13H,1-2H2,(H,7,8)(H,9,10)(H,11,12). The summed E-state index contributed by atoms with van der Waals surface area (Å²) in [7, 11) is 0. The summed E-state index contributed by atoms with van der Waals surface area (Å²) in [6.45, 7) is 4.84. The van der Waals surface area contributed by atoms with Crippen LogP contribution in [-0.2, 0) is 33.9 Å². The number of aromatic nitrogens is 3. The molecule has 4 aromatic rings. The van der Waals surface area contributed by atoms with Crippen LogP contribution in [0.15, 0.2) is 91.5 Å². The first-order valence-corrected chi connectivity index (χ1v) is 13.2. The highest BCUT2D eigenvalue weighted by molar-refractivity contribution is 5.88. The van der Waals surface area contributed by atoms with Crippen LogP contribution in [0.25, 0.3) is 5.82 Å². The molecule has 42 heavy (non-hydrogen) atoms. The topological polar surface area (TPSA) is 166 Å². The number of hydrogen-bond acceptors (Lipinski definition) is 7. The van der Waals surface area contributed by atoms with E-state index in [2.05, 4.69) is 93.2 Å². The summed E-state index contributed by atoms with van der Waals surface area (Å²) in [5.41, 5.74) is 2.32. The normalized spacial score (nSPS) is 11.0. The van der Waals surface area contributed by atoms with E-state index in [1.54, 1.807) is 0 Å². The molecule has 0 saturated heterocycles. The van der Waals surface area contributed by atoms with Crippen molar-refractivity contribution in [1.82, 2.24) is 19.4 Å². The summed E-state index contributed by atoms with van der Waals surface area (Å²) in [6.07, 6.45) is 6.43. The Morgan fingerprint density at radius 3 is 2.07 bits per heavy atom. The highest BCUT2D eigenvalue weighted by Crippen LogP contribution is 2.18. The van der Waals surface area contributed by atoms with Crippen LogP contribution in [0.4, 0.5) is 0 Å². The van der Waals surface area contributed by atoms with Crippen molar-refractivity contribution in [2.75, 3.05) is 6.54 Å². The van der Waals surface area contributed by atoms with Crippen molar-refractivity contribution in [1.29, 1.82) is 0 Å². The summed E-state index contributed by atoms with van der Waals surface area (Å²) in [4.78, 5) is 41.7. The fourth-order valence-corrected chi connectivity index (χ4v) is 4.32. The zero-order valence-corrected chi connectivity index (χ0v) is 23.2. The Labute approximate surface area is 243 Å². The summed E-state index contributed by atoms with van der Waals surface area (Å²) >= 11 is 0. The van der Waals surface area contributed by atoms with E-state index in [9.17, 15) is 14.4 Å². The number of carboxylic acid groups (broad SMARTS) is 3. The van der Waals surface area contributed by atoms with Crippen molar-refractivity contribution >= 4 is 17.9 Å². The van der Waals surface area contributed by atoms with E-state index in [1.165, 1.54) is 22.4 Å². The molecule has 220 valence electrons. The number of nitrogens with zero attached hydrogens (tertiary/aromatic N) is 4. The van der Waals surface area contributed by atoms with Gasteiger partial charge in [0.2, 0.25) is 0 Å². The molecule has 0 spiro atoms. The molecule has 0 radical (unpaired) electrons. The Bertz CT molecular complexity index is 1440. The van der Waals surface area contributed by atoms with E-state index < -0.39 is 36.4 Å². The van der Waals surface area contributed by atoms with Gasteiger partial charge in [-0.3, -0.25) is 19.5 Å². The maximum absolute atomic E-state index is 10.3. The summed E-state index contributed by atoms with van der Waals surface area (Å²) in [5, 5.41) is 33.8. The lowest BCUT2D eigenvalue weighted by Gasteiger charge is -2.23. The molecule has 0 unspecified atom stereocenters. The van der Waals surface area contributed by atoms with Gasteiger partial charge in [-0.05, 0) is 60.4 Å². The zero-order chi connectivity index (χ0) is 30.5. The van der Waals surface area contributed by atoms with Crippen LogP contribution in [0.5, 0.6) is 0 Å². The fraction of sp³-hybridized carbons (Fsp3) is 0.258. The first-order chi connectivity index (χ1) is 20.1. The second-order valence-corrected chi connectivity index (χ2v) is 9.79. The fourth-order valence-electron chi connectivity index (χ4n) is 4.32. The molecule has 11 nitrogen and oxygen atoms in total. The van der Waals surface area contributed by atoms with E-state index >= 15 is 0 Å². The van der Waals surface area contributed by atoms with Crippen LogP contribution in [0.2, 0.25) is 0 Å². The lowest BCUT2D eigenvalue weighted by atomic mass is 9.96. The number of aliphatic carboxylic acids is 3. The van der Waals surface area contributed by atoms with Crippen LogP contribution >= 0.6 is 0 Å². The Balaban J connectivity index is 0.000000316. The van der Waals surface area contributed by atoms with Gasteiger partial charge in [-0.15, -0.1) is 0 Å². The number of carboxylic acids is 3. The molecule has 0 aliphatic carbocycles. The van der Waals surface area contributed by atoms with E-state index in [1.807, 2.05) is 24.7 Å². The van der Waals surface area contributed by atoms with Gasteiger partial charge in [0, 0.05) is 50.1 Å². The number of hydrogen-bond donors (Lipinski definition) is 4. The molecule has 0 fully saturated rings. The molecule has 0 aliphatic rings. The molecule has 0 atom stereocenters. The van der Waals surface area contributed by atoms with E-state index in [4.69, 9.17) is 20.4 Å². The number of rotatable bonds is 13. The lowest BCUT2D eigenvalue weighted by molar-refractivity contribution is -0.170. The Kier molecular flexibility index (Phi) is 11.5. The number of aryl methyl sites for hydroxylation is 1. The van der Waals surface area contributed by atoms with Crippen LogP contribution in [0, 0.1) is 6.92 Å². The Hall–Kier alpha value is -4.87. The van der Waals surface area contributed by atoms with Gasteiger partial charge >= 0.3 is 17.9 Å². The summed E-state index contributed by atoms with van der Waals surface area (Å²) < 4.78 is 2.21. The maximum atomic E-state index is 10.3. The number of aliphatic hydroxyl groups is 1. The van der Waals surface area contributed by atoms with Crippen molar-refractivity contribution < 1.29 is 34.8 Å². The second kappa shape index (κ2) is 15.2. The SMILES string of the molecule is Cc1cccnc1-n1cccc1CN(CCc1ccccc1)Cc1ccncc1.O=C(O)CC(O)(CC(=O)O)C(=O)O. The molecule has 1 aromatic carbocycles. The molecule has 0 amide bonds. The minimum absolute atomic E-state index is 0.859. The molecule has 3 aromatic heterocycles. The van der Waals surface area contributed by atoms with Crippen LogP contribution in [0.3, 0.4) is 0 Å². The van der Waals surface area contributed by atoms with Crippen LogP contribution in [0.1, 0.15) is 35.2 Å². The quantitative estimate of drug-likeness (QED) is 0.185. The minimum atomic E-state index is -2.74. The molecular formula is C31H34N4O7. The average molecular weight is 575 g/mol. The molecule has 0 bridgehead atoms. The van der Waals surface area contributed by atoms with Gasteiger partial charge in [-0.1, -0.05) is 36.4 Å². The summed E-state index contributed by atoms with van der Waals surface area (Å²) in [5.74, 6) is -4.02. The third-order valence-electron chi connectivity index (χ3n) is 6.43. The van der Waals surface area contributed by atoms with Crippen molar-refractivity contribution in [2.24, 2.45) is 0 Å². The smallest absolute Gasteiger partial charge is 0.336 e. The van der Waals surface area contributed by atoms with Gasteiger partial charge in [-0.2, -0.15) is 0 Å². The first-order valence-electron chi connectivity index (χ1n) is 13.2. The van der Waals surface area contributed by atoms with Crippen molar-refractivity contribution in [3.05, 3.63) is 114 Å². The van der Waals surface area contributed by atoms with Gasteiger partial charge in [0.15, 0.2) is 5.60 Å². The van der Waals surface area contributed by atoms with Gasteiger partial charge in [0.1, 0.15) is 5.82 Å². The van der Waals surface area contributed by atoms with Crippen molar-refractivity contribution in [3.63, 3.8) is 0 Å². The van der Waals surface area contributed by atoms with E-state index in [0.29, 0.717) is 0 Å². The third kappa shape index (κ3) is 9.65. The predicted molar refractivity (Wildman–Crippen MR) is 154 cm³/mol. The monoisotopic (exact) mass is 574 g/mol. The van der Waals surface area contributed by atoms with Crippen molar-refractivity contribution in [3.8, 4) is 5.82 Å². The number of pyridine rings is 2. The third-order valence-corrected chi connectivity index (χ3v) is 6.43. The molecule has 0 aliphatic heterocycles. The highest BCUT2D eigenvalue weighted by atomic mass is 16.4. The maximum Gasteiger partial charge on any atom is 0.336 e. The average Bonchev–Trinajstić information content (AvgIpc) is 3.40. The Morgan fingerprint density at radius 1 is 0.810 bits per heavy atom. The molecule has 4 rings (SSSR count). The molecule has 3 heterocycles. The molecule has 4 N–H and O–H groups in total. The van der Waals surface area contributed by atoms with Gasteiger partial charge in [0.25, 0.3) is 0 Å². The van der Waals surface area contributed by atoms with Gasteiger partial charge in [0.05, 0.1) is 12.8 Å². The van der Waals surface area contributed by atoms with Crippen LogP contribution < -0.4 is 0 Å². The number of benzene rings is 1.